The van der Waals surface area contributed by atoms with Gasteiger partial charge in [0.1, 0.15) is 5.95 Å². The van der Waals surface area contributed by atoms with Gasteiger partial charge in [0.05, 0.1) is 37.7 Å². The number of sulfonamides is 2. The fourth-order valence-corrected chi connectivity index (χ4v) is 9.52. The molecule has 1 saturated heterocycles. The van der Waals surface area contributed by atoms with E-state index in [1.54, 1.807) is 13.8 Å². The van der Waals surface area contributed by atoms with Crippen molar-refractivity contribution in [3.05, 3.63) is 70.9 Å². The Hall–Kier alpha value is -3.60. The summed E-state index contributed by atoms with van der Waals surface area (Å²) in [5, 5.41) is 12.6. The Morgan fingerprint density at radius 3 is 1.60 bits per heavy atom. The fraction of sp³-hybridized carbons (Fsp3) is 0.370. The van der Waals surface area contributed by atoms with E-state index in [4.69, 9.17) is 23.0 Å². The van der Waals surface area contributed by atoms with Crippen molar-refractivity contribution in [2.24, 2.45) is 0 Å². The van der Waals surface area contributed by atoms with Crippen LogP contribution in [0.4, 0.5) is 4.79 Å². The van der Waals surface area contributed by atoms with Gasteiger partial charge in [-0.05, 0) is 51.6 Å². The Kier molecular flexibility index (Phi) is 10.7. The van der Waals surface area contributed by atoms with Gasteiger partial charge in [0.2, 0.25) is 5.31 Å². The number of aryl methyl sites for hydroxylation is 2. The third-order valence-corrected chi connectivity index (χ3v) is 12.6. The molecule has 0 bridgehead atoms. The highest BCUT2D eigenvalue weighted by atomic mass is 32.2. The third kappa shape index (κ3) is 5.79. The van der Waals surface area contributed by atoms with Crippen LogP contribution in [0, 0.1) is 13.8 Å². The van der Waals surface area contributed by atoms with Gasteiger partial charge in [0.25, 0.3) is 26.0 Å². The number of imide groups is 1. The Bertz CT molecular complexity index is 1700. The highest BCUT2D eigenvalue weighted by Gasteiger charge is 2.80. The van der Waals surface area contributed by atoms with E-state index in [0.717, 1.165) is 45.6 Å². The lowest BCUT2D eigenvalue weighted by Gasteiger charge is -2.36. The predicted octanol–water partition coefficient (Wildman–Crippen LogP) is 2.21. The molecule has 1 aliphatic heterocycles. The van der Waals surface area contributed by atoms with Crippen molar-refractivity contribution in [3.8, 4) is 0 Å². The van der Waals surface area contributed by atoms with Crippen LogP contribution >= 0.6 is 7.94 Å². The van der Waals surface area contributed by atoms with Crippen LogP contribution in [0.25, 0.3) is 0 Å². The summed E-state index contributed by atoms with van der Waals surface area (Å²) >= 11 is 0. The highest BCUT2D eigenvalue weighted by molar-refractivity contribution is 7.91. The van der Waals surface area contributed by atoms with Crippen molar-refractivity contribution in [2.75, 3.05) is 34.5 Å². The lowest BCUT2D eigenvalue weighted by molar-refractivity contribution is -0.358. The summed E-state index contributed by atoms with van der Waals surface area (Å²) < 4.78 is 82.4. The molecule has 3 amide bonds. The summed E-state index contributed by atoms with van der Waals surface area (Å²) in [6, 6.07) is 7.69. The molecule has 1 heterocycles. The van der Waals surface area contributed by atoms with Crippen molar-refractivity contribution < 1.29 is 59.4 Å². The lowest BCUT2D eigenvalue weighted by atomic mass is 9.99. The summed E-state index contributed by atoms with van der Waals surface area (Å²) in [5.41, 5.74) is -2.51. The van der Waals surface area contributed by atoms with Crippen molar-refractivity contribution in [2.45, 2.75) is 43.0 Å². The topological polar surface area (TPSA) is 195 Å². The predicted molar refractivity (Wildman–Crippen MR) is 157 cm³/mol. The normalized spacial score (nSPS) is 18.2. The standard InChI is InChI=1S/C27H33N2O13PS2/c1-8-41-23(30)22(43(38-5,39-6)40-7)27(25(32)42-9-2)24(31)28(44(34,35)20-14-10-18(3)11-15-20)26(33)29(27)45(36,37)21-16-12-19(4)13-17-21/h10-17H,8-9H2,1-7H3/b23-22+. The monoisotopic (exact) mass is 688 g/mol. The fourth-order valence-electron chi connectivity index (χ4n) is 4.53. The number of amides is 3. The summed E-state index contributed by atoms with van der Waals surface area (Å²) in [6.45, 7) is 5.03. The second kappa shape index (κ2) is 13.4. The van der Waals surface area contributed by atoms with E-state index in [1.165, 1.54) is 38.1 Å². The Morgan fingerprint density at radius 1 is 0.778 bits per heavy atom. The van der Waals surface area contributed by atoms with E-state index in [9.17, 15) is 36.3 Å². The minimum absolute atomic E-state index is 0.311. The van der Waals surface area contributed by atoms with E-state index >= 15 is 0 Å². The number of nitrogens with zero attached hydrogens (tertiary/aromatic N) is 2. The van der Waals surface area contributed by atoms with Gasteiger partial charge >= 0.3 is 25.5 Å². The number of urea groups is 1. The molecule has 1 aliphatic rings. The number of hydrogen-bond acceptors (Lipinski definition) is 13. The number of hydrogen-bond donors (Lipinski definition) is 0. The maximum absolute atomic E-state index is 14.7. The maximum Gasteiger partial charge on any atom is 0.449 e. The second-order valence-corrected chi connectivity index (χ2v) is 15.4. The zero-order chi connectivity index (χ0) is 34.0. The van der Waals surface area contributed by atoms with Gasteiger partial charge in [-0.1, -0.05) is 42.3 Å². The molecule has 18 heteroatoms. The zero-order valence-electron chi connectivity index (χ0n) is 25.5. The molecule has 0 aromatic heterocycles. The number of benzene rings is 2. The highest BCUT2D eigenvalue weighted by Crippen LogP contribution is 2.72. The molecule has 1 fully saturated rings. The van der Waals surface area contributed by atoms with Gasteiger partial charge < -0.3 is 14.6 Å². The SMILES string of the molecule is CCOC(=O)C1(/C(=C(/[O-])OCC)[P+](OC)(OC)OC)C(=O)N(S(=O)(=O)c2ccc(C)cc2)C(=O)N1S(=O)(=O)c1ccc(C)cc1. The van der Waals surface area contributed by atoms with Crippen LogP contribution in [0.5, 0.6) is 0 Å². The lowest BCUT2D eigenvalue weighted by Crippen LogP contribution is -2.61. The van der Waals surface area contributed by atoms with Gasteiger partial charge in [-0.15, -0.1) is 4.31 Å². The van der Waals surface area contributed by atoms with E-state index in [-0.39, 0.29) is 4.31 Å². The van der Waals surface area contributed by atoms with Crippen molar-refractivity contribution in [3.63, 3.8) is 0 Å². The van der Waals surface area contributed by atoms with E-state index < -0.39 is 90.0 Å². The smallest absolute Gasteiger partial charge is 0.449 e. The first-order valence-electron chi connectivity index (χ1n) is 13.2. The average molecular weight is 689 g/mol. The summed E-state index contributed by atoms with van der Waals surface area (Å²) in [7, 11) is -12.3. The zero-order valence-corrected chi connectivity index (χ0v) is 28.0. The van der Waals surface area contributed by atoms with Crippen molar-refractivity contribution in [1.29, 1.82) is 0 Å². The molecule has 246 valence electrons. The molecular weight excluding hydrogens is 655 g/mol. The average Bonchev–Trinajstić information content (AvgIpc) is 3.24. The van der Waals surface area contributed by atoms with Gasteiger partial charge in [-0.3, -0.25) is 4.79 Å². The molecule has 1 unspecified atom stereocenters. The van der Waals surface area contributed by atoms with Crippen LogP contribution in [0.3, 0.4) is 0 Å². The molecule has 1 atom stereocenters. The summed E-state index contributed by atoms with van der Waals surface area (Å²) in [4.78, 5) is 41.9. The first-order chi connectivity index (χ1) is 21.1. The minimum Gasteiger partial charge on any atom is -0.611 e. The first kappa shape index (κ1) is 35.9. The summed E-state index contributed by atoms with van der Waals surface area (Å²) in [5.74, 6) is -5.38. The number of carbonyl (C=O) groups excluding carboxylic acids is 3. The van der Waals surface area contributed by atoms with Gasteiger partial charge in [-0.25, -0.2) is 26.4 Å². The van der Waals surface area contributed by atoms with Crippen LogP contribution in [0.2, 0.25) is 0 Å². The Balaban J connectivity index is 2.64. The molecule has 2 aromatic carbocycles. The van der Waals surface area contributed by atoms with E-state index in [2.05, 4.69) is 0 Å². The quantitative estimate of drug-likeness (QED) is 0.0978. The van der Waals surface area contributed by atoms with Crippen molar-refractivity contribution in [1.82, 2.24) is 8.61 Å². The molecule has 45 heavy (non-hydrogen) atoms. The maximum atomic E-state index is 14.7. The molecule has 0 spiro atoms. The number of rotatable bonds is 13. The van der Waals surface area contributed by atoms with Crippen LogP contribution < -0.4 is 5.11 Å². The first-order valence-corrected chi connectivity index (χ1v) is 17.6. The van der Waals surface area contributed by atoms with Gasteiger partial charge in [0.15, 0.2) is 0 Å². The molecule has 0 N–H and O–H groups in total. The number of esters is 1. The van der Waals surface area contributed by atoms with E-state index in [0.29, 0.717) is 11.1 Å². The van der Waals surface area contributed by atoms with Gasteiger partial charge in [-0.2, -0.15) is 17.9 Å². The largest absolute Gasteiger partial charge is 0.611 e. The molecule has 2 aromatic rings. The van der Waals surface area contributed by atoms with E-state index in [1.807, 2.05) is 0 Å². The van der Waals surface area contributed by atoms with Crippen LogP contribution in [-0.2, 0) is 52.7 Å². The van der Waals surface area contributed by atoms with Gasteiger partial charge in [0, 0.05) is 0 Å². The number of carbonyl (C=O) groups is 3. The molecule has 3 rings (SSSR count). The minimum atomic E-state index is -5.39. The number of ether oxygens (including phenoxy) is 2. The Labute approximate surface area is 261 Å². The third-order valence-electron chi connectivity index (χ3n) is 6.64. The molecule has 0 saturated carbocycles. The Morgan fingerprint density at radius 2 is 1.20 bits per heavy atom. The molecule has 0 aliphatic carbocycles. The van der Waals surface area contributed by atoms with Crippen LogP contribution in [0.15, 0.2) is 69.6 Å². The van der Waals surface area contributed by atoms with Crippen molar-refractivity contribution >= 4 is 45.9 Å². The van der Waals surface area contributed by atoms with Crippen LogP contribution in [0.1, 0.15) is 25.0 Å². The summed E-state index contributed by atoms with van der Waals surface area (Å²) in [6.07, 6.45) is 0. The molecule has 0 radical (unpaired) electrons. The molecular formula is C27H33N2O13PS2. The molecule has 15 nitrogen and oxygen atoms in total. The van der Waals surface area contributed by atoms with Crippen LogP contribution in [-0.4, -0.2) is 83.4 Å². The second-order valence-electron chi connectivity index (χ2n) is 9.30.